The van der Waals surface area contributed by atoms with Crippen LogP contribution >= 0.6 is 0 Å². The summed E-state index contributed by atoms with van der Waals surface area (Å²) in [5.41, 5.74) is -1.61. The quantitative estimate of drug-likeness (QED) is 0.840. The second kappa shape index (κ2) is 6.06. The van der Waals surface area contributed by atoms with Gasteiger partial charge in [-0.3, -0.25) is 9.59 Å². The highest BCUT2D eigenvalue weighted by Gasteiger charge is 2.46. The predicted molar refractivity (Wildman–Crippen MR) is 72.0 cm³/mol. The summed E-state index contributed by atoms with van der Waals surface area (Å²) in [7, 11) is 0. The number of hydrogen-bond acceptors (Lipinski definition) is 3. The number of hydrogen-bond donors (Lipinski definition) is 1. The molecule has 22 heavy (non-hydrogen) atoms. The molecule has 0 bridgehead atoms. The Morgan fingerprint density at radius 2 is 1.82 bits per heavy atom. The van der Waals surface area contributed by atoms with Gasteiger partial charge in [0.2, 0.25) is 5.91 Å². The number of rotatable bonds is 2. The van der Waals surface area contributed by atoms with E-state index in [0.717, 1.165) is 25.7 Å². The van der Waals surface area contributed by atoms with Gasteiger partial charge in [-0.25, -0.2) is 0 Å². The first-order valence-electron chi connectivity index (χ1n) is 7.45. The Bertz CT molecular complexity index is 449. The van der Waals surface area contributed by atoms with Crippen LogP contribution in [0.5, 0.6) is 0 Å². The zero-order valence-corrected chi connectivity index (χ0v) is 12.7. The van der Waals surface area contributed by atoms with E-state index in [4.69, 9.17) is 4.74 Å². The van der Waals surface area contributed by atoms with Crippen LogP contribution < -0.4 is 5.32 Å². The van der Waals surface area contributed by atoms with E-state index in [1.54, 1.807) is 10.2 Å². The van der Waals surface area contributed by atoms with Crippen molar-refractivity contribution in [1.29, 1.82) is 0 Å². The molecule has 1 aliphatic carbocycles. The summed E-state index contributed by atoms with van der Waals surface area (Å²) in [6.45, 7) is 3.31. The van der Waals surface area contributed by atoms with Crippen molar-refractivity contribution in [3.63, 3.8) is 0 Å². The van der Waals surface area contributed by atoms with Crippen molar-refractivity contribution in [3.8, 4) is 0 Å². The van der Waals surface area contributed by atoms with Crippen LogP contribution in [0.2, 0.25) is 0 Å². The summed E-state index contributed by atoms with van der Waals surface area (Å²) in [4.78, 5) is 25.3. The molecular formula is C14H21F3N2O3. The van der Waals surface area contributed by atoms with Crippen molar-refractivity contribution in [2.75, 3.05) is 13.2 Å². The molecule has 0 radical (unpaired) electrons. The topological polar surface area (TPSA) is 58.6 Å². The van der Waals surface area contributed by atoms with Crippen molar-refractivity contribution in [1.82, 2.24) is 10.2 Å². The van der Waals surface area contributed by atoms with Gasteiger partial charge in [-0.05, 0) is 26.7 Å². The maximum absolute atomic E-state index is 12.6. The Labute approximate surface area is 127 Å². The van der Waals surface area contributed by atoms with E-state index in [-0.39, 0.29) is 12.1 Å². The third kappa shape index (κ3) is 3.53. The number of ether oxygens (including phenoxy) is 1. The highest BCUT2D eigenvalue weighted by molar-refractivity contribution is 5.92. The lowest BCUT2D eigenvalue weighted by atomic mass is 9.88. The summed E-state index contributed by atoms with van der Waals surface area (Å²) in [6.07, 6.45) is -1.44. The molecule has 1 heterocycles. The van der Waals surface area contributed by atoms with Gasteiger partial charge in [-0.1, -0.05) is 12.8 Å². The lowest BCUT2D eigenvalue weighted by Gasteiger charge is -2.46. The molecule has 1 saturated heterocycles. The summed E-state index contributed by atoms with van der Waals surface area (Å²) in [5.74, 6) is -2.59. The molecule has 1 aliphatic heterocycles. The molecule has 2 rings (SSSR count). The van der Waals surface area contributed by atoms with Crippen LogP contribution in [0.15, 0.2) is 0 Å². The van der Waals surface area contributed by atoms with Gasteiger partial charge >= 0.3 is 12.1 Å². The van der Waals surface area contributed by atoms with E-state index in [1.807, 2.05) is 0 Å². The maximum Gasteiger partial charge on any atom is 0.471 e. The standard InChI is InChI=1S/C14H21F3N2O3/c1-13(2,18-11(20)14(15,16)17)12(21)19-7-8-22-10-6-4-3-5-9(10)19/h9-10H,3-8H2,1-2H3,(H,18,20)/t9-,10+/m0/s1. The van der Waals surface area contributed by atoms with Gasteiger partial charge in [0.05, 0.1) is 18.8 Å². The molecule has 2 fully saturated rings. The van der Waals surface area contributed by atoms with Crippen molar-refractivity contribution in [2.24, 2.45) is 0 Å². The maximum atomic E-state index is 12.6. The molecule has 0 spiro atoms. The smallest absolute Gasteiger partial charge is 0.374 e. The lowest BCUT2D eigenvalue weighted by Crippen LogP contribution is -2.64. The first-order chi connectivity index (χ1) is 10.1. The number of carbonyl (C=O) groups is 2. The van der Waals surface area contributed by atoms with Gasteiger partial charge in [-0.2, -0.15) is 13.2 Å². The van der Waals surface area contributed by atoms with Crippen molar-refractivity contribution < 1.29 is 27.5 Å². The average Bonchev–Trinajstić information content (AvgIpc) is 2.44. The SMILES string of the molecule is CC(C)(NC(=O)C(F)(F)F)C(=O)N1CCO[C@@H]2CCCC[C@@H]21. The second-order valence-corrected chi connectivity index (χ2v) is 6.34. The first-order valence-corrected chi connectivity index (χ1v) is 7.45. The number of amides is 2. The Balaban J connectivity index is 2.09. The highest BCUT2D eigenvalue weighted by atomic mass is 19.4. The minimum Gasteiger partial charge on any atom is -0.374 e. The van der Waals surface area contributed by atoms with Crippen LogP contribution in [0.4, 0.5) is 13.2 Å². The molecule has 1 N–H and O–H groups in total. The van der Waals surface area contributed by atoms with Gasteiger partial charge in [0.15, 0.2) is 0 Å². The summed E-state index contributed by atoms with van der Waals surface area (Å²) < 4.78 is 42.8. The molecule has 5 nitrogen and oxygen atoms in total. The van der Waals surface area contributed by atoms with E-state index in [0.29, 0.717) is 13.2 Å². The number of carbonyl (C=O) groups excluding carboxylic acids is 2. The molecule has 2 atom stereocenters. The Kier molecular flexibility index (Phi) is 4.70. The third-order valence-electron chi connectivity index (χ3n) is 4.21. The zero-order chi connectivity index (χ0) is 16.5. The zero-order valence-electron chi connectivity index (χ0n) is 12.7. The minimum atomic E-state index is -5.00. The molecule has 0 unspecified atom stereocenters. The first kappa shape index (κ1) is 17.1. The number of morpholine rings is 1. The van der Waals surface area contributed by atoms with Crippen molar-refractivity contribution in [2.45, 2.75) is 63.4 Å². The van der Waals surface area contributed by atoms with Crippen LogP contribution in [-0.2, 0) is 14.3 Å². The Hall–Kier alpha value is -1.31. The summed E-state index contributed by atoms with van der Waals surface area (Å²) in [5, 5.41) is 1.79. The molecule has 2 amide bonds. The van der Waals surface area contributed by atoms with E-state index < -0.39 is 23.5 Å². The Morgan fingerprint density at radius 1 is 1.18 bits per heavy atom. The largest absolute Gasteiger partial charge is 0.471 e. The van der Waals surface area contributed by atoms with Gasteiger partial charge in [0.25, 0.3) is 0 Å². The number of halogens is 3. The van der Waals surface area contributed by atoms with E-state index >= 15 is 0 Å². The molecule has 8 heteroatoms. The van der Waals surface area contributed by atoms with Gasteiger partial charge in [0.1, 0.15) is 5.54 Å². The number of alkyl halides is 3. The van der Waals surface area contributed by atoms with E-state index in [2.05, 4.69) is 0 Å². The summed E-state index contributed by atoms with van der Waals surface area (Å²) in [6, 6.07) is -0.114. The van der Waals surface area contributed by atoms with Crippen LogP contribution in [0.3, 0.4) is 0 Å². The molecule has 0 aromatic carbocycles. The van der Waals surface area contributed by atoms with Crippen LogP contribution in [0, 0.1) is 0 Å². The van der Waals surface area contributed by atoms with Gasteiger partial charge < -0.3 is 15.0 Å². The van der Waals surface area contributed by atoms with Crippen molar-refractivity contribution in [3.05, 3.63) is 0 Å². The molecule has 2 aliphatic rings. The minimum absolute atomic E-state index is 0.0550. The number of nitrogens with zero attached hydrogens (tertiary/aromatic N) is 1. The normalized spacial score (nSPS) is 26.3. The van der Waals surface area contributed by atoms with Crippen LogP contribution in [0.25, 0.3) is 0 Å². The highest BCUT2D eigenvalue weighted by Crippen LogP contribution is 2.30. The molecule has 0 aromatic heterocycles. The molecule has 1 saturated carbocycles. The number of nitrogens with one attached hydrogen (secondary N) is 1. The molecule has 0 aromatic rings. The fourth-order valence-corrected chi connectivity index (χ4v) is 3.12. The van der Waals surface area contributed by atoms with Crippen molar-refractivity contribution >= 4 is 11.8 Å². The van der Waals surface area contributed by atoms with Crippen LogP contribution in [0.1, 0.15) is 39.5 Å². The van der Waals surface area contributed by atoms with Gasteiger partial charge in [0, 0.05) is 6.54 Å². The number of fused-ring (bicyclic) bond motifs is 1. The average molecular weight is 322 g/mol. The third-order valence-corrected chi connectivity index (χ3v) is 4.21. The summed E-state index contributed by atoms with van der Waals surface area (Å²) >= 11 is 0. The fraction of sp³-hybridized carbons (Fsp3) is 0.857. The lowest BCUT2D eigenvalue weighted by molar-refractivity contribution is -0.178. The Morgan fingerprint density at radius 3 is 2.45 bits per heavy atom. The van der Waals surface area contributed by atoms with E-state index in [9.17, 15) is 22.8 Å². The predicted octanol–water partition coefficient (Wildman–Crippen LogP) is 1.61. The second-order valence-electron chi connectivity index (χ2n) is 6.34. The van der Waals surface area contributed by atoms with E-state index in [1.165, 1.54) is 13.8 Å². The van der Waals surface area contributed by atoms with Gasteiger partial charge in [-0.15, -0.1) is 0 Å². The van der Waals surface area contributed by atoms with Crippen LogP contribution in [-0.4, -0.2) is 53.7 Å². The molecular weight excluding hydrogens is 301 g/mol. The monoisotopic (exact) mass is 322 g/mol. The fourth-order valence-electron chi connectivity index (χ4n) is 3.12. The molecule has 126 valence electrons.